The Morgan fingerprint density at radius 1 is 1.50 bits per heavy atom. The first kappa shape index (κ1) is 9.71. The minimum atomic E-state index is -1.00. The molecule has 0 aliphatic carbocycles. The van der Waals surface area contributed by atoms with Crippen molar-refractivity contribution in [2.45, 2.75) is 4.90 Å². The Balaban J connectivity index is 2.81. The Hall–Kier alpha value is -0.380. The molecule has 0 amide bonds. The van der Waals surface area contributed by atoms with Crippen LogP contribution in [0.5, 0.6) is 0 Å². The zero-order valence-corrected chi connectivity index (χ0v) is 8.07. The van der Waals surface area contributed by atoms with E-state index in [4.69, 9.17) is 17.3 Å². The number of benzene rings is 1. The maximum atomic E-state index is 11.4. The second kappa shape index (κ2) is 4.60. The summed E-state index contributed by atoms with van der Waals surface area (Å²) in [6.07, 6.45) is 0. The molecule has 1 atom stereocenters. The number of halogens is 1. The normalized spacial score (nSPS) is 12.8. The van der Waals surface area contributed by atoms with Crippen molar-refractivity contribution in [3.05, 3.63) is 29.3 Å². The maximum absolute atomic E-state index is 11.4. The Labute approximate surface area is 79.2 Å². The molecule has 0 saturated heterocycles. The van der Waals surface area contributed by atoms with E-state index < -0.39 is 10.8 Å². The number of rotatable bonds is 3. The summed E-state index contributed by atoms with van der Waals surface area (Å²) in [5, 5.41) is 0.609. The molecule has 12 heavy (non-hydrogen) atoms. The third-order valence-corrected chi connectivity index (χ3v) is 2.98. The molecule has 66 valence electrons. The summed E-state index contributed by atoms with van der Waals surface area (Å²) in [5.41, 5.74) is 5.28. The predicted octanol–water partition coefficient (Wildman–Crippen LogP) is 1.41. The third kappa shape index (κ3) is 2.59. The van der Waals surface area contributed by atoms with Crippen molar-refractivity contribution >= 4 is 22.4 Å². The predicted molar refractivity (Wildman–Crippen MR) is 51.8 cm³/mol. The molecule has 0 aliphatic rings. The molecular formula is C8H10ClNOS. The van der Waals surface area contributed by atoms with Gasteiger partial charge in [-0.2, -0.15) is 0 Å². The van der Waals surface area contributed by atoms with Gasteiger partial charge in [-0.3, -0.25) is 4.21 Å². The molecule has 2 nitrogen and oxygen atoms in total. The number of hydrogen-bond donors (Lipinski definition) is 1. The molecular weight excluding hydrogens is 194 g/mol. The van der Waals surface area contributed by atoms with Gasteiger partial charge in [0.25, 0.3) is 0 Å². The van der Waals surface area contributed by atoms with Crippen molar-refractivity contribution in [3.63, 3.8) is 0 Å². The monoisotopic (exact) mass is 203 g/mol. The average molecular weight is 204 g/mol. The highest BCUT2D eigenvalue weighted by Crippen LogP contribution is 2.13. The molecule has 2 N–H and O–H groups in total. The van der Waals surface area contributed by atoms with Crippen LogP contribution in [0.15, 0.2) is 29.2 Å². The van der Waals surface area contributed by atoms with E-state index >= 15 is 0 Å². The van der Waals surface area contributed by atoms with Gasteiger partial charge in [-0.1, -0.05) is 17.7 Å². The van der Waals surface area contributed by atoms with Crippen LogP contribution >= 0.6 is 11.6 Å². The summed E-state index contributed by atoms with van der Waals surface area (Å²) in [6.45, 7) is 0.430. The van der Waals surface area contributed by atoms with E-state index in [1.54, 1.807) is 24.3 Å². The lowest BCUT2D eigenvalue weighted by atomic mass is 10.4. The second-order valence-corrected chi connectivity index (χ2v) is 4.30. The van der Waals surface area contributed by atoms with Crippen LogP contribution in [0.2, 0.25) is 5.02 Å². The van der Waals surface area contributed by atoms with Crippen LogP contribution in [0.4, 0.5) is 0 Å². The summed E-state index contributed by atoms with van der Waals surface area (Å²) in [6, 6.07) is 7.03. The summed E-state index contributed by atoms with van der Waals surface area (Å²) in [4.78, 5) is 0.743. The van der Waals surface area contributed by atoms with Crippen LogP contribution in [0, 0.1) is 0 Å². The van der Waals surface area contributed by atoms with Crippen LogP contribution in [0.25, 0.3) is 0 Å². The molecule has 0 spiro atoms. The number of hydrogen-bond acceptors (Lipinski definition) is 2. The van der Waals surface area contributed by atoms with Gasteiger partial charge >= 0.3 is 0 Å². The summed E-state index contributed by atoms with van der Waals surface area (Å²) in [5.74, 6) is 0.486. The molecule has 0 bridgehead atoms. The van der Waals surface area contributed by atoms with Crippen LogP contribution in [-0.2, 0) is 10.8 Å². The Kier molecular flexibility index (Phi) is 3.72. The molecule has 0 heterocycles. The summed E-state index contributed by atoms with van der Waals surface area (Å²) < 4.78 is 11.4. The van der Waals surface area contributed by atoms with Gasteiger partial charge in [0, 0.05) is 22.2 Å². The van der Waals surface area contributed by atoms with E-state index in [9.17, 15) is 4.21 Å². The largest absolute Gasteiger partial charge is 0.330 e. The third-order valence-electron chi connectivity index (χ3n) is 1.36. The van der Waals surface area contributed by atoms with Crippen molar-refractivity contribution in [1.82, 2.24) is 0 Å². The lowest BCUT2D eigenvalue weighted by molar-refractivity contribution is 0.683. The lowest BCUT2D eigenvalue weighted by Gasteiger charge is -1.99. The highest BCUT2D eigenvalue weighted by atomic mass is 35.5. The van der Waals surface area contributed by atoms with Crippen molar-refractivity contribution in [1.29, 1.82) is 0 Å². The fourth-order valence-electron chi connectivity index (χ4n) is 0.834. The highest BCUT2D eigenvalue weighted by molar-refractivity contribution is 7.85. The van der Waals surface area contributed by atoms with Crippen LogP contribution in [-0.4, -0.2) is 16.5 Å². The smallest absolute Gasteiger partial charge is 0.0542 e. The fraction of sp³-hybridized carbons (Fsp3) is 0.250. The first-order chi connectivity index (χ1) is 5.74. The molecule has 1 aromatic carbocycles. The van der Waals surface area contributed by atoms with Crippen molar-refractivity contribution in [3.8, 4) is 0 Å². The summed E-state index contributed by atoms with van der Waals surface area (Å²) in [7, 11) is -1.00. The van der Waals surface area contributed by atoms with Gasteiger partial charge in [-0.25, -0.2) is 0 Å². The highest BCUT2D eigenvalue weighted by Gasteiger charge is 2.01. The first-order valence-corrected chi connectivity index (χ1v) is 5.27. The maximum Gasteiger partial charge on any atom is 0.0542 e. The standard InChI is InChI=1S/C8H10ClNOS/c9-7-2-1-3-8(6-7)12(11)5-4-10/h1-3,6H,4-5,10H2. The topological polar surface area (TPSA) is 43.1 Å². The minimum absolute atomic E-state index is 0.430. The SMILES string of the molecule is NCCS(=O)c1cccc(Cl)c1. The van der Waals surface area contributed by atoms with Gasteiger partial charge < -0.3 is 5.73 Å². The van der Waals surface area contributed by atoms with E-state index in [1.807, 2.05) is 0 Å². The minimum Gasteiger partial charge on any atom is -0.330 e. The van der Waals surface area contributed by atoms with Crippen LogP contribution in [0.3, 0.4) is 0 Å². The average Bonchev–Trinajstić information content (AvgIpc) is 2.05. The molecule has 0 aromatic heterocycles. The van der Waals surface area contributed by atoms with Gasteiger partial charge in [0.1, 0.15) is 0 Å². The van der Waals surface area contributed by atoms with Crippen molar-refractivity contribution < 1.29 is 4.21 Å². The zero-order valence-electron chi connectivity index (χ0n) is 6.50. The molecule has 4 heteroatoms. The van der Waals surface area contributed by atoms with Gasteiger partial charge in [-0.15, -0.1) is 0 Å². The number of nitrogens with two attached hydrogens (primary N) is 1. The van der Waals surface area contributed by atoms with E-state index in [0.717, 1.165) is 4.90 Å². The van der Waals surface area contributed by atoms with Gasteiger partial charge in [0.15, 0.2) is 0 Å². The quantitative estimate of drug-likeness (QED) is 0.807. The van der Waals surface area contributed by atoms with E-state index in [2.05, 4.69) is 0 Å². The van der Waals surface area contributed by atoms with Gasteiger partial charge in [0.2, 0.25) is 0 Å². The van der Waals surface area contributed by atoms with Gasteiger partial charge in [0.05, 0.1) is 10.8 Å². The molecule has 0 radical (unpaired) electrons. The van der Waals surface area contributed by atoms with E-state index in [1.165, 1.54) is 0 Å². The Morgan fingerprint density at radius 3 is 2.83 bits per heavy atom. The Morgan fingerprint density at radius 2 is 2.25 bits per heavy atom. The van der Waals surface area contributed by atoms with E-state index in [0.29, 0.717) is 17.3 Å². The van der Waals surface area contributed by atoms with Crippen molar-refractivity contribution in [2.75, 3.05) is 12.3 Å². The Bertz CT molecular complexity index is 290. The molecule has 0 fully saturated rings. The molecule has 1 unspecified atom stereocenters. The molecule has 1 aromatic rings. The van der Waals surface area contributed by atoms with Crippen molar-refractivity contribution in [2.24, 2.45) is 5.73 Å². The van der Waals surface area contributed by atoms with Crippen LogP contribution < -0.4 is 5.73 Å². The zero-order chi connectivity index (χ0) is 8.97. The first-order valence-electron chi connectivity index (χ1n) is 3.58. The molecule has 0 saturated carbocycles. The van der Waals surface area contributed by atoms with E-state index in [-0.39, 0.29) is 0 Å². The van der Waals surface area contributed by atoms with Gasteiger partial charge in [-0.05, 0) is 18.2 Å². The summed E-state index contributed by atoms with van der Waals surface area (Å²) >= 11 is 5.72. The lowest BCUT2D eigenvalue weighted by Crippen LogP contribution is -2.10. The molecule has 1 rings (SSSR count). The molecule has 0 aliphatic heterocycles. The second-order valence-electron chi connectivity index (χ2n) is 2.30. The fourth-order valence-corrected chi connectivity index (χ4v) is 2.03. The van der Waals surface area contributed by atoms with Crippen LogP contribution in [0.1, 0.15) is 0 Å².